The molecule has 0 spiro atoms. The molecule has 2 heteroatoms. The average Bonchev–Trinajstić information content (AvgIpc) is 2.50. The van der Waals surface area contributed by atoms with E-state index in [1.165, 1.54) is 16.7 Å². The minimum absolute atomic E-state index is 1.08. The molecule has 0 fully saturated rings. The lowest BCUT2D eigenvalue weighted by molar-refractivity contribution is 1.46. The van der Waals surface area contributed by atoms with Crippen LogP contribution in [0.15, 0.2) is 77.3 Å². The molecule has 0 aliphatic rings. The maximum atomic E-state index is 3.50. The van der Waals surface area contributed by atoms with E-state index >= 15 is 0 Å². The first kappa shape index (κ1) is 13.9. The van der Waals surface area contributed by atoms with Crippen LogP contribution in [0.4, 0.5) is 11.4 Å². The van der Waals surface area contributed by atoms with E-state index in [4.69, 9.17) is 0 Å². The molecule has 0 atom stereocenters. The summed E-state index contributed by atoms with van der Waals surface area (Å²) >= 11 is 3.46. The molecule has 1 nitrogen and oxygen atoms in total. The normalized spacial score (nSPS) is 10.4. The Morgan fingerprint density at radius 2 is 1.57 bits per heavy atom. The molecule has 21 heavy (non-hydrogen) atoms. The lowest BCUT2D eigenvalue weighted by Crippen LogP contribution is -1.93. The molecule has 0 unspecified atom stereocenters. The summed E-state index contributed by atoms with van der Waals surface area (Å²) in [5.41, 5.74) is 5.91. The van der Waals surface area contributed by atoms with E-state index in [0.29, 0.717) is 0 Å². The van der Waals surface area contributed by atoms with Crippen LogP contribution in [0.3, 0.4) is 0 Å². The first-order chi connectivity index (χ1) is 10.2. The van der Waals surface area contributed by atoms with Gasteiger partial charge in [-0.2, -0.15) is 0 Å². The number of aryl methyl sites for hydroxylation is 1. The Hall–Kier alpha value is -2.06. The fraction of sp³-hybridized carbons (Fsp3) is 0.0526. The van der Waals surface area contributed by atoms with E-state index < -0.39 is 0 Å². The molecular formula is C19H16BrN. The second kappa shape index (κ2) is 6.15. The molecule has 0 amide bonds. The van der Waals surface area contributed by atoms with Gasteiger partial charge in [0.1, 0.15) is 0 Å². The molecule has 3 aromatic rings. The quantitative estimate of drug-likeness (QED) is 0.602. The third-order valence-corrected chi connectivity index (χ3v) is 3.91. The Balaban J connectivity index is 1.98. The van der Waals surface area contributed by atoms with E-state index in [2.05, 4.69) is 88.8 Å². The van der Waals surface area contributed by atoms with E-state index in [1.807, 2.05) is 12.1 Å². The predicted molar refractivity (Wildman–Crippen MR) is 94.0 cm³/mol. The van der Waals surface area contributed by atoms with Gasteiger partial charge >= 0.3 is 0 Å². The van der Waals surface area contributed by atoms with Crippen molar-refractivity contribution < 1.29 is 0 Å². The fourth-order valence-corrected chi connectivity index (χ4v) is 2.61. The Bertz CT molecular complexity index is 748. The van der Waals surface area contributed by atoms with Gasteiger partial charge in [0.05, 0.1) is 0 Å². The summed E-state index contributed by atoms with van der Waals surface area (Å²) in [7, 11) is 0. The van der Waals surface area contributed by atoms with Crippen LogP contribution in [0, 0.1) is 6.92 Å². The summed E-state index contributed by atoms with van der Waals surface area (Å²) in [6, 6.07) is 25.2. The van der Waals surface area contributed by atoms with Gasteiger partial charge in [-0.1, -0.05) is 64.0 Å². The third kappa shape index (κ3) is 3.34. The van der Waals surface area contributed by atoms with Crippen LogP contribution in [0.1, 0.15) is 5.56 Å². The lowest BCUT2D eigenvalue weighted by atomic mass is 10.0. The molecule has 0 aliphatic carbocycles. The number of hydrogen-bond donors (Lipinski definition) is 1. The van der Waals surface area contributed by atoms with Crippen LogP contribution >= 0.6 is 15.9 Å². The number of nitrogens with one attached hydrogen (secondary N) is 1. The van der Waals surface area contributed by atoms with Crippen molar-refractivity contribution in [3.63, 3.8) is 0 Å². The Morgan fingerprint density at radius 3 is 2.33 bits per heavy atom. The van der Waals surface area contributed by atoms with E-state index in [-0.39, 0.29) is 0 Å². The maximum absolute atomic E-state index is 3.50. The van der Waals surface area contributed by atoms with Crippen LogP contribution in [0.25, 0.3) is 11.1 Å². The highest BCUT2D eigenvalue weighted by Gasteiger charge is 2.05. The number of para-hydroxylation sites is 1. The van der Waals surface area contributed by atoms with Gasteiger partial charge in [-0.3, -0.25) is 0 Å². The van der Waals surface area contributed by atoms with E-state index in [0.717, 1.165) is 15.8 Å². The summed E-state index contributed by atoms with van der Waals surface area (Å²) < 4.78 is 1.08. The molecule has 3 rings (SSSR count). The van der Waals surface area contributed by atoms with Crippen LogP contribution in [-0.2, 0) is 0 Å². The Labute approximate surface area is 133 Å². The highest BCUT2D eigenvalue weighted by molar-refractivity contribution is 9.10. The van der Waals surface area contributed by atoms with Crippen LogP contribution in [-0.4, -0.2) is 0 Å². The molecular weight excluding hydrogens is 322 g/mol. The molecule has 0 radical (unpaired) electrons. The third-order valence-electron chi connectivity index (χ3n) is 3.38. The van der Waals surface area contributed by atoms with Gasteiger partial charge in [-0.25, -0.2) is 0 Å². The van der Waals surface area contributed by atoms with Gasteiger partial charge in [-0.15, -0.1) is 0 Å². The van der Waals surface area contributed by atoms with Crippen LogP contribution in [0.5, 0.6) is 0 Å². The molecule has 0 aliphatic heterocycles. The monoisotopic (exact) mass is 337 g/mol. The largest absolute Gasteiger partial charge is 0.355 e. The first-order valence-corrected chi connectivity index (χ1v) is 7.70. The number of hydrogen-bond acceptors (Lipinski definition) is 1. The second-order valence-corrected chi connectivity index (χ2v) is 5.96. The topological polar surface area (TPSA) is 12.0 Å². The van der Waals surface area contributed by atoms with Gasteiger partial charge in [0, 0.05) is 21.4 Å². The summed E-state index contributed by atoms with van der Waals surface area (Å²) in [6.07, 6.45) is 0. The lowest BCUT2D eigenvalue weighted by Gasteiger charge is -2.13. The van der Waals surface area contributed by atoms with E-state index in [1.54, 1.807) is 0 Å². The van der Waals surface area contributed by atoms with Crippen molar-refractivity contribution in [1.82, 2.24) is 0 Å². The zero-order chi connectivity index (χ0) is 14.7. The Morgan fingerprint density at radius 1 is 0.810 bits per heavy atom. The average molecular weight is 338 g/mol. The van der Waals surface area contributed by atoms with Crippen molar-refractivity contribution >= 4 is 27.3 Å². The van der Waals surface area contributed by atoms with Gasteiger partial charge in [0.2, 0.25) is 0 Å². The smallest absolute Gasteiger partial charge is 0.0463 e. The fourth-order valence-electron chi connectivity index (χ4n) is 2.35. The molecule has 0 heterocycles. The minimum Gasteiger partial charge on any atom is -0.355 e. The number of benzene rings is 3. The summed E-state index contributed by atoms with van der Waals surface area (Å²) in [4.78, 5) is 0. The van der Waals surface area contributed by atoms with Crippen LogP contribution in [0.2, 0.25) is 0 Å². The highest BCUT2D eigenvalue weighted by Crippen LogP contribution is 2.30. The van der Waals surface area contributed by atoms with Crippen molar-refractivity contribution in [3.05, 3.63) is 82.8 Å². The van der Waals surface area contributed by atoms with Gasteiger partial charge in [0.15, 0.2) is 0 Å². The van der Waals surface area contributed by atoms with Gasteiger partial charge < -0.3 is 5.32 Å². The molecule has 0 saturated heterocycles. The van der Waals surface area contributed by atoms with Gasteiger partial charge in [0.25, 0.3) is 0 Å². The van der Waals surface area contributed by atoms with Gasteiger partial charge in [-0.05, 0) is 42.8 Å². The molecule has 0 bridgehead atoms. The first-order valence-electron chi connectivity index (χ1n) is 6.91. The van der Waals surface area contributed by atoms with Crippen molar-refractivity contribution in [3.8, 4) is 11.1 Å². The zero-order valence-corrected chi connectivity index (χ0v) is 13.4. The molecule has 0 saturated carbocycles. The molecule has 104 valence electrons. The van der Waals surface area contributed by atoms with Crippen molar-refractivity contribution in [2.75, 3.05) is 5.32 Å². The highest BCUT2D eigenvalue weighted by atomic mass is 79.9. The number of halogens is 1. The van der Waals surface area contributed by atoms with Crippen LogP contribution < -0.4 is 5.32 Å². The van der Waals surface area contributed by atoms with Crippen molar-refractivity contribution in [2.24, 2.45) is 0 Å². The minimum atomic E-state index is 1.08. The summed E-state index contributed by atoms with van der Waals surface area (Å²) in [6.45, 7) is 2.12. The molecule has 3 aromatic carbocycles. The summed E-state index contributed by atoms with van der Waals surface area (Å²) in [5.74, 6) is 0. The molecule has 0 aromatic heterocycles. The standard InChI is InChI=1S/C19H16BrN/c1-14-5-4-6-15(13-14)18-7-2-3-8-19(18)21-17-11-9-16(20)10-12-17/h2-13,21H,1H3. The SMILES string of the molecule is Cc1cccc(-c2ccccc2Nc2ccc(Br)cc2)c1. The Kier molecular flexibility index (Phi) is 4.07. The predicted octanol–water partition coefficient (Wildman–Crippen LogP) is 6.17. The zero-order valence-electron chi connectivity index (χ0n) is 11.8. The van der Waals surface area contributed by atoms with Crippen molar-refractivity contribution in [1.29, 1.82) is 0 Å². The van der Waals surface area contributed by atoms with E-state index in [9.17, 15) is 0 Å². The molecule has 1 N–H and O–H groups in total. The maximum Gasteiger partial charge on any atom is 0.0463 e. The van der Waals surface area contributed by atoms with Crippen molar-refractivity contribution in [2.45, 2.75) is 6.92 Å². The summed E-state index contributed by atoms with van der Waals surface area (Å²) in [5, 5.41) is 3.50. The number of anilines is 2. The number of rotatable bonds is 3. The second-order valence-electron chi connectivity index (χ2n) is 5.05.